The summed E-state index contributed by atoms with van der Waals surface area (Å²) >= 11 is 0. The van der Waals surface area contributed by atoms with Gasteiger partial charge in [-0.2, -0.15) is 9.97 Å². The Balaban J connectivity index is 1.22. The van der Waals surface area contributed by atoms with E-state index in [0.717, 1.165) is 27.5 Å². The van der Waals surface area contributed by atoms with Crippen LogP contribution in [0.2, 0.25) is 0 Å². The van der Waals surface area contributed by atoms with E-state index >= 15 is 0 Å². The van der Waals surface area contributed by atoms with Crippen LogP contribution in [0.1, 0.15) is 0 Å². The smallest absolute Gasteiger partial charge is 0.238 e. The molecule has 0 saturated heterocycles. The Labute approximate surface area is 281 Å². The second kappa shape index (κ2) is 9.93. The molecule has 0 spiro atoms. The Hall–Kier alpha value is -6.65. The summed E-state index contributed by atoms with van der Waals surface area (Å²) in [6.07, 6.45) is 0. The molecule has 2 heterocycles. The number of nitrogens with zero attached hydrogens (tertiary/aromatic N) is 4. The highest BCUT2D eigenvalue weighted by Gasteiger charge is 2.24. The van der Waals surface area contributed by atoms with E-state index < -0.39 is 0 Å². The molecule has 0 amide bonds. The minimum atomic E-state index is 0.599. The normalized spacial score (nSPS) is 12.1. The van der Waals surface area contributed by atoms with Crippen LogP contribution in [-0.2, 0) is 0 Å². The summed E-state index contributed by atoms with van der Waals surface area (Å²) in [6.45, 7) is 0. The number of para-hydroxylation sites is 2. The molecule has 4 nitrogen and oxygen atoms in total. The molecule has 0 fully saturated rings. The van der Waals surface area contributed by atoms with Crippen LogP contribution < -0.4 is 0 Å². The van der Waals surface area contributed by atoms with Gasteiger partial charge in [0.25, 0.3) is 0 Å². The zero-order chi connectivity index (χ0) is 32.1. The average molecular weight is 623 g/mol. The molecule has 0 unspecified atom stereocenters. The van der Waals surface area contributed by atoms with Crippen molar-refractivity contribution in [3.63, 3.8) is 0 Å². The van der Waals surface area contributed by atoms with Gasteiger partial charge >= 0.3 is 0 Å². The fourth-order valence-electron chi connectivity index (χ4n) is 8.00. The zero-order valence-corrected chi connectivity index (χ0v) is 26.3. The van der Waals surface area contributed by atoms with Crippen molar-refractivity contribution < 1.29 is 0 Å². The first kappa shape index (κ1) is 26.4. The lowest BCUT2D eigenvalue weighted by molar-refractivity contribution is 0.954. The molecule has 0 bridgehead atoms. The van der Waals surface area contributed by atoms with E-state index in [9.17, 15) is 0 Å². The van der Waals surface area contributed by atoms with Gasteiger partial charge in [0, 0.05) is 21.9 Å². The Bertz CT molecular complexity index is 2920. The first-order valence-corrected chi connectivity index (χ1v) is 16.6. The summed E-state index contributed by atoms with van der Waals surface area (Å²) in [5.74, 6) is 1.89. The minimum Gasteiger partial charge on any atom is -0.278 e. The van der Waals surface area contributed by atoms with Gasteiger partial charge in [0.15, 0.2) is 11.6 Å². The summed E-state index contributed by atoms with van der Waals surface area (Å²) in [6, 6.07) is 56.1. The second-order valence-corrected chi connectivity index (χ2v) is 12.8. The maximum absolute atomic E-state index is 5.30. The van der Waals surface area contributed by atoms with Crippen molar-refractivity contribution in [1.29, 1.82) is 0 Å². The first-order chi connectivity index (χ1) is 24.3. The summed E-state index contributed by atoms with van der Waals surface area (Å²) in [5.41, 5.74) is 9.11. The predicted octanol–water partition coefficient (Wildman–Crippen LogP) is 11.4. The van der Waals surface area contributed by atoms with Gasteiger partial charge in [-0.05, 0) is 78.8 Å². The van der Waals surface area contributed by atoms with Gasteiger partial charge in [-0.15, -0.1) is 0 Å². The SMILES string of the molecule is c1ccc2c(c1)-c1cccc3c(-c4nc(-c5ccc6ccc7ccccc7c6c5)nc(-n5c6ccccc6c6ccccc65)n4)ccc-2c13. The number of hydrogen-bond donors (Lipinski definition) is 0. The lowest BCUT2D eigenvalue weighted by atomic mass is 9.98. The van der Waals surface area contributed by atoms with Crippen LogP contribution in [0.25, 0.3) is 105 Å². The van der Waals surface area contributed by atoms with Gasteiger partial charge in [-0.3, -0.25) is 4.57 Å². The third-order valence-electron chi connectivity index (χ3n) is 10.2. The van der Waals surface area contributed by atoms with Crippen molar-refractivity contribution in [2.45, 2.75) is 0 Å². The Kier molecular flexibility index (Phi) is 5.35. The highest BCUT2D eigenvalue weighted by atomic mass is 15.2. The molecule has 10 aromatic rings. The zero-order valence-electron chi connectivity index (χ0n) is 26.3. The molecule has 1 aliphatic carbocycles. The maximum Gasteiger partial charge on any atom is 0.238 e. The van der Waals surface area contributed by atoms with E-state index in [1.807, 2.05) is 0 Å². The number of aromatic nitrogens is 4. The van der Waals surface area contributed by atoms with E-state index in [1.165, 1.54) is 60.0 Å². The monoisotopic (exact) mass is 622 g/mol. The number of hydrogen-bond acceptors (Lipinski definition) is 3. The van der Waals surface area contributed by atoms with Gasteiger partial charge in [0.05, 0.1) is 11.0 Å². The molecule has 1 aliphatic rings. The summed E-state index contributed by atoms with van der Waals surface area (Å²) < 4.78 is 2.19. The van der Waals surface area contributed by atoms with Crippen LogP contribution in [0.5, 0.6) is 0 Å². The molecular weight excluding hydrogens is 597 g/mol. The molecule has 11 rings (SSSR count). The molecule has 49 heavy (non-hydrogen) atoms. The number of rotatable bonds is 3. The highest BCUT2D eigenvalue weighted by Crippen LogP contribution is 2.49. The van der Waals surface area contributed by atoms with Crippen molar-refractivity contribution in [3.05, 3.63) is 158 Å². The van der Waals surface area contributed by atoms with Crippen molar-refractivity contribution in [2.24, 2.45) is 0 Å². The standard InChI is InChI=1S/C45H26N4/c1-2-11-30-27(10-1)20-21-28-22-23-29(26-39(28)30)43-46-44(38-25-24-37-32-13-4-3-12-31(32)35-16-9-17-36(38)42(35)37)48-45(47-43)49-40-18-7-5-14-33(40)34-15-6-8-19-41(34)49/h1-26H. The summed E-state index contributed by atoms with van der Waals surface area (Å²) in [5, 5.41) is 9.52. The lowest BCUT2D eigenvalue weighted by Crippen LogP contribution is -2.06. The van der Waals surface area contributed by atoms with E-state index in [4.69, 9.17) is 15.0 Å². The average Bonchev–Trinajstić information content (AvgIpc) is 3.68. The van der Waals surface area contributed by atoms with E-state index in [0.29, 0.717) is 17.6 Å². The molecule has 0 atom stereocenters. The molecule has 0 N–H and O–H groups in total. The lowest BCUT2D eigenvalue weighted by Gasteiger charge is -2.13. The largest absolute Gasteiger partial charge is 0.278 e. The molecule has 8 aromatic carbocycles. The molecule has 4 heteroatoms. The predicted molar refractivity (Wildman–Crippen MR) is 202 cm³/mol. The number of benzene rings is 8. The van der Waals surface area contributed by atoms with Crippen molar-refractivity contribution in [2.75, 3.05) is 0 Å². The Morgan fingerprint density at radius 2 is 0.898 bits per heavy atom. The van der Waals surface area contributed by atoms with E-state index in [2.05, 4.69) is 162 Å². The van der Waals surface area contributed by atoms with E-state index in [1.54, 1.807) is 0 Å². The first-order valence-electron chi connectivity index (χ1n) is 16.6. The third-order valence-corrected chi connectivity index (χ3v) is 10.2. The molecule has 0 saturated carbocycles. The van der Waals surface area contributed by atoms with Crippen molar-refractivity contribution >= 4 is 54.1 Å². The quantitative estimate of drug-likeness (QED) is 0.184. The van der Waals surface area contributed by atoms with Crippen LogP contribution in [0.4, 0.5) is 0 Å². The third kappa shape index (κ3) is 3.77. The van der Waals surface area contributed by atoms with Gasteiger partial charge in [0.1, 0.15) is 0 Å². The number of fused-ring (bicyclic) bond motifs is 9. The fourth-order valence-corrected chi connectivity index (χ4v) is 8.00. The van der Waals surface area contributed by atoms with Crippen LogP contribution >= 0.6 is 0 Å². The van der Waals surface area contributed by atoms with Crippen molar-refractivity contribution in [3.8, 4) is 51.0 Å². The Morgan fingerprint density at radius 3 is 1.67 bits per heavy atom. The topological polar surface area (TPSA) is 43.6 Å². The molecule has 0 radical (unpaired) electrons. The Morgan fingerprint density at radius 1 is 0.347 bits per heavy atom. The molecule has 0 aliphatic heterocycles. The van der Waals surface area contributed by atoms with Crippen LogP contribution in [0, 0.1) is 0 Å². The summed E-state index contributed by atoms with van der Waals surface area (Å²) in [4.78, 5) is 15.8. The molecule has 226 valence electrons. The second-order valence-electron chi connectivity index (χ2n) is 12.8. The van der Waals surface area contributed by atoms with Gasteiger partial charge < -0.3 is 0 Å². The van der Waals surface area contributed by atoms with Crippen LogP contribution in [0.3, 0.4) is 0 Å². The fraction of sp³-hybridized carbons (Fsp3) is 0. The van der Waals surface area contributed by atoms with Crippen molar-refractivity contribution in [1.82, 2.24) is 19.5 Å². The maximum atomic E-state index is 5.30. The summed E-state index contributed by atoms with van der Waals surface area (Å²) in [7, 11) is 0. The van der Waals surface area contributed by atoms with Gasteiger partial charge in [-0.1, -0.05) is 133 Å². The molecular formula is C45H26N4. The van der Waals surface area contributed by atoms with E-state index in [-0.39, 0.29) is 0 Å². The highest BCUT2D eigenvalue weighted by molar-refractivity contribution is 6.18. The minimum absolute atomic E-state index is 0.599. The molecule has 2 aromatic heterocycles. The van der Waals surface area contributed by atoms with Gasteiger partial charge in [-0.25, -0.2) is 4.98 Å². The van der Waals surface area contributed by atoms with Crippen LogP contribution in [-0.4, -0.2) is 19.5 Å². The van der Waals surface area contributed by atoms with Crippen LogP contribution in [0.15, 0.2) is 158 Å². The van der Waals surface area contributed by atoms with Gasteiger partial charge in [0.2, 0.25) is 5.95 Å².